The molecular formula is C13H21NO5S2. The molecule has 0 amide bonds. The van der Waals surface area contributed by atoms with Crippen LogP contribution in [0.15, 0.2) is 34.1 Å². The lowest BCUT2D eigenvalue weighted by atomic mass is 10.2. The molecule has 120 valence electrons. The van der Waals surface area contributed by atoms with Crippen molar-refractivity contribution in [3.63, 3.8) is 0 Å². The Hall–Kier alpha value is -0.960. The van der Waals surface area contributed by atoms with Gasteiger partial charge >= 0.3 is 0 Å². The minimum absolute atomic E-state index is 0.0794. The Morgan fingerprint density at radius 1 is 1.10 bits per heavy atom. The zero-order valence-corrected chi connectivity index (χ0v) is 13.7. The van der Waals surface area contributed by atoms with Crippen LogP contribution in [0.3, 0.4) is 0 Å². The fourth-order valence-corrected chi connectivity index (χ4v) is 4.13. The van der Waals surface area contributed by atoms with E-state index < -0.39 is 19.7 Å². The van der Waals surface area contributed by atoms with Gasteiger partial charge < -0.3 is 10.4 Å². The molecule has 0 radical (unpaired) electrons. The van der Waals surface area contributed by atoms with E-state index in [9.17, 15) is 16.8 Å². The molecule has 6 nitrogen and oxygen atoms in total. The van der Waals surface area contributed by atoms with Crippen molar-refractivity contribution in [2.75, 3.05) is 25.2 Å². The average Bonchev–Trinajstić information content (AvgIpc) is 2.38. The molecule has 1 aromatic carbocycles. The maximum absolute atomic E-state index is 12.3. The van der Waals surface area contributed by atoms with Crippen molar-refractivity contribution in [3.8, 4) is 0 Å². The number of aliphatic hydroxyl groups is 1. The molecule has 8 heteroatoms. The number of hydrogen-bond donors (Lipinski definition) is 2. The van der Waals surface area contributed by atoms with Crippen LogP contribution in [0.4, 0.5) is 0 Å². The Balaban J connectivity index is 2.97. The molecule has 0 bridgehead atoms. The zero-order chi connectivity index (χ0) is 16.1. The number of aliphatic hydroxyl groups excluding tert-OH is 1. The molecule has 0 saturated carbocycles. The topological polar surface area (TPSA) is 101 Å². The SMILES string of the molecule is CCNC(CCO)CS(=O)(=O)c1ccc(S(C)(=O)=O)cc1. The largest absolute Gasteiger partial charge is 0.396 e. The van der Waals surface area contributed by atoms with Gasteiger partial charge in [-0.1, -0.05) is 6.92 Å². The zero-order valence-electron chi connectivity index (χ0n) is 12.1. The Morgan fingerprint density at radius 2 is 1.62 bits per heavy atom. The number of hydrogen-bond acceptors (Lipinski definition) is 6. The third-order valence-corrected chi connectivity index (χ3v) is 5.96. The molecule has 1 aromatic rings. The molecular weight excluding hydrogens is 314 g/mol. The highest BCUT2D eigenvalue weighted by Gasteiger charge is 2.21. The first-order valence-corrected chi connectivity index (χ1v) is 10.1. The lowest BCUT2D eigenvalue weighted by Crippen LogP contribution is -2.36. The van der Waals surface area contributed by atoms with Crippen LogP contribution < -0.4 is 5.32 Å². The van der Waals surface area contributed by atoms with Crippen LogP contribution in [0, 0.1) is 0 Å². The highest BCUT2D eigenvalue weighted by Crippen LogP contribution is 2.16. The smallest absolute Gasteiger partial charge is 0.179 e. The molecule has 2 N–H and O–H groups in total. The van der Waals surface area contributed by atoms with E-state index in [1.807, 2.05) is 6.92 Å². The van der Waals surface area contributed by atoms with Crippen LogP contribution in [0.25, 0.3) is 0 Å². The van der Waals surface area contributed by atoms with Crippen molar-refractivity contribution < 1.29 is 21.9 Å². The van der Waals surface area contributed by atoms with Gasteiger partial charge in [0, 0.05) is 18.9 Å². The maximum atomic E-state index is 12.3. The highest BCUT2D eigenvalue weighted by atomic mass is 32.2. The summed E-state index contributed by atoms with van der Waals surface area (Å²) in [6.07, 6.45) is 1.41. The first-order chi connectivity index (χ1) is 9.70. The lowest BCUT2D eigenvalue weighted by Gasteiger charge is -2.16. The number of sulfone groups is 2. The second-order valence-corrected chi connectivity index (χ2v) is 8.84. The highest BCUT2D eigenvalue weighted by molar-refractivity contribution is 7.91. The summed E-state index contributed by atoms with van der Waals surface area (Å²) in [5.41, 5.74) is 0. The van der Waals surface area contributed by atoms with Crippen LogP contribution in [-0.4, -0.2) is 53.1 Å². The van der Waals surface area contributed by atoms with Crippen molar-refractivity contribution >= 4 is 19.7 Å². The van der Waals surface area contributed by atoms with E-state index >= 15 is 0 Å². The van der Waals surface area contributed by atoms with Crippen molar-refractivity contribution in [1.82, 2.24) is 5.32 Å². The molecule has 0 fully saturated rings. The van der Waals surface area contributed by atoms with Crippen molar-refractivity contribution in [2.24, 2.45) is 0 Å². The van der Waals surface area contributed by atoms with Gasteiger partial charge in [-0.2, -0.15) is 0 Å². The molecule has 21 heavy (non-hydrogen) atoms. The fourth-order valence-electron chi connectivity index (χ4n) is 1.94. The second kappa shape index (κ2) is 7.35. The van der Waals surface area contributed by atoms with E-state index in [1.54, 1.807) is 0 Å². The summed E-state index contributed by atoms with van der Waals surface area (Å²) >= 11 is 0. The normalized spacial score (nSPS) is 14.0. The molecule has 1 atom stereocenters. The predicted octanol–water partition coefficient (Wildman–Crippen LogP) is 0.224. The van der Waals surface area contributed by atoms with E-state index in [1.165, 1.54) is 24.3 Å². The van der Waals surface area contributed by atoms with E-state index in [0.717, 1.165) is 6.26 Å². The van der Waals surface area contributed by atoms with Crippen molar-refractivity contribution in [3.05, 3.63) is 24.3 Å². The summed E-state index contributed by atoms with van der Waals surface area (Å²) in [5, 5.41) is 12.0. The molecule has 0 aromatic heterocycles. The minimum Gasteiger partial charge on any atom is -0.396 e. The van der Waals surface area contributed by atoms with E-state index in [2.05, 4.69) is 5.32 Å². The van der Waals surface area contributed by atoms with E-state index in [4.69, 9.17) is 5.11 Å². The molecule has 0 spiro atoms. The minimum atomic E-state index is -3.53. The van der Waals surface area contributed by atoms with Crippen LogP contribution in [0.1, 0.15) is 13.3 Å². The van der Waals surface area contributed by atoms with Gasteiger partial charge in [-0.15, -0.1) is 0 Å². The average molecular weight is 335 g/mol. The summed E-state index contributed by atoms with van der Waals surface area (Å²) in [6.45, 7) is 2.37. The fraction of sp³-hybridized carbons (Fsp3) is 0.538. The third kappa shape index (κ3) is 5.39. The molecule has 0 aliphatic carbocycles. The molecule has 0 heterocycles. The monoisotopic (exact) mass is 335 g/mol. The number of nitrogens with one attached hydrogen (secondary N) is 1. The van der Waals surface area contributed by atoms with Gasteiger partial charge in [0.1, 0.15) is 0 Å². The maximum Gasteiger partial charge on any atom is 0.179 e. The second-order valence-electron chi connectivity index (χ2n) is 4.79. The van der Waals surface area contributed by atoms with Gasteiger partial charge in [0.05, 0.1) is 15.5 Å². The first kappa shape index (κ1) is 18.1. The van der Waals surface area contributed by atoms with Gasteiger partial charge in [0.2, 0.25) is 0 Å². The van der Waals surface area contributed by atoms with Gasteiger partial charge in [-0.05, 0) is 37.2 Å². The summed E-state index contributed by atoms with van der Waals surface area (Å²) in [5.74, 6) is -0.139. The predicted molar refractivity (Wildman–Crippen MR) is 80.8 cm³/mol. The summed E-state index contributed by atoms with van der Waals surface area (Å²) in [6, 6.07) is 4.84. The standard InChI is InChI=1S/C13H21NO5S2/c1-3-14-11(8-9-15)10-21(18,19)13-6-4-12(5-7-13)20(2,16)17/h4-7,11,14-15H,3,8-10H2,1-2H3. The van der Waals surface area contributed by atoms with E-state index in [-0.39, 0.29) is 28.2 Å². The summed E-state index contributed by atoms with van der Waals surface area (Å²) in [7, 11) is -6.88. The van der Waals surface area contributed by atoms with Crippen LogP contribution in [0.2, 0.25) is 0 Å². The number of rotatable bonds is 8. The Morgan fingerprint density at radius 3 is 2.05 bits per heavy atom. The van der Waals surface area contributed by atoms with Crippen molar-refractivity contribution in [2.45, 2.75) is 29.2 Å². The molecule has 1 rings (SSSR count). The first-order valence-electron chi connectivity index (χ1n) is 6.58. The molecule has 1 unspecified atom stereocenters. The van der Waals surface area contributed by atoms with Gasteiger partial charge in [-0.3, -0.25) is 0 Å². The van der Waals surface area contributed by atoms with Gasteiger partial charge in [0.15, 0.2) is 19.7 Å². The quantitative estimate of drug-likeness (QED) is 0.705. The molecule has 0 aliphatic heterocycles. The van der Waals surface area contributed by atoms with E-state index in [0.29, 0.717) is 13.0 Å². The molecule has 0 saturated heterocycles. The summed E-state index contributed by atoms with van der Waals surface area (Å²) < 4.78 is 47.3. The number of benzene rings is 1. The Bertz CT molecular complexity index is 644. The van der Waals surface area contributed by atoms with Crippen molar-refractivity contribution in [1.29, 1.82) is 0 Å². The van der Waals surface area contributed by atoms with Gasteiger partial charge in [0.25, 0.3) is 0 Å². The van der Waals surface area contributed by atoms with Gasteiger partial charge in [-0.25, -0.2) is 16.8 Å². The molecule has 0 aliphatic rings. The Kier molecular flexibility index (Phi) is 6.33. The third-order valence-electron chi connectivity index (χ3n) is 3.00. The van der Waals surface area contributed by atoms with Crippen LogP contribution in [0.5, 0.6) is 0 Å². The van der Waals surface area contributed by atoms with Crippen LogP contribution >= 0.6 is 0 Å². The summed E-state index contributed by atoms with van der Waals surface area (Å²) in [4.78, 5) is 0.163. The lowest BCUT2D eigenvalue weighted by molar-refractivity contribution is 0.270. The Labute approximate surface area is 126 Å². The van der Waals surface area contributed by atoms with Crippen LogP contribution in [-0.2, 0) is 19.7 Å².